The van der Waals surface area contributed by atoms with E-state index >= 15 is 0 Å². The van der Waals surface area contributed by atoms with E-state index in [0.717, 1.165) is 10.5 Å². The number of hydrogen-bond acceptors (Lipinski definition) is 3. The zero-order valence-corrected chi connectivity index (χ0v) is 8.48. The predicted molar refractivity (Wildman–Crippen MR) is 54.0 cm³/mol. The van der Waals surface area contributed by atoms with Crippen LogP contribution in [0.25, 0.3) is 0 Å². The Labute approximate surface area is 82.3 Å². The second-order valence-electron chi connectivity index (χ2n) is 2.61. The van der Waals surface area contributed by atoms with Crippen LogP contribution in [0.2, 0.25) is 0 Å². The minimum Gasteiger partial charge on any atom is -0.427 e. The number of carbonyl (C=O) groups is 1. The highest BCUT2D eigenvalue weighted by Crippen LogP contribution is 2.23. The molecule has 13 heavy (non-hydrogen) atoms. The van der Waals surface area contributed by atoms with Crippen LogP contribution in [0.15, 0.2) is 23.1 Å². The van der Waals surface area contributed by atoms with Crippen LogP contribution >= 0.6 is 11.8 Å². The minimum absolute atomic E-state index is 0.308. The van der Waals surface area contributed by atoms with Crippen LogP contribution in [0.3, 0.4) is 0 Å². The van der Waals surface area contributed by atoms with Crippen molar-refractivity contribution in [2.45, 2.75) is 11.8 Å². The second kappa shape index (κ2) is 4.33. The van der Waals surface area contributed by atoms with Crippen molar-refractivity contribution in [1.82, 2.24) is 0 Å². The van der Waals surface area contributed by atoms with Gasteiger partial charge in [-0.25, -0.2) is 0 Å². The Hall–Kier alpha value is -0.960. The van der Waals surface area contributed by atoms with Crippen molar-refractivity contribution in [2.24, 2.45) is 0 Å². The van der Waals surface area contributed by atoms with E-state index in [2.05, 4.69) is 6.92 Å². The van der Waals surface area contributed by atoms with Gasteiger partial charge in [0.2, 0.25) is 0 Å². The van der Waals surface area contributed by atoms with Crippen LogP contribution in [0.1, 0.15) is 12.5 Å². The van der Waals surface area contributed by atoms with E-state index in [1.165, 1.54) is 6.92 Å². The number of ether oxygens (including phenoxy) is 1. The Morgan fingerprint density at radius 3 is 2.69 bits per heavy atom. The molecule has 0 saturated carbocycles. The lowest BCUT2D eigenvalue weighted by Crippen LogP contribution is -2.01. The maximum absolute atomic E-state index is 10.7. The molecule has 0 aliphatic rings. The van der Waals surface area contributed by atoms with E-state index in [1.54, 1.807) is 17.8 Å². The highest BCUT2D eigenvalue weighted by atomic mass is 32.2. The molecule has 2 nitrogen and oxygen atoms in total. The lowest BCUT2D eigenvalue weighted by Gasteiger charge is -2.04. The van der Waals surface area contributed by atoms with Crippen molar-refractivity contribution >= 4 is 17.7 Å². The van der Waals surface area contributed by atoms with Gasteiger partial charge in [0.1, 0.15) is 5.75 Å². The first-order valence-corrected chi connectivity index (χ1v) is 5.04. The van der Waals surface area contributed by atoms with Gasteiger partial charge in [0, 0.05) is 11.8 Å². The second-order valence-corrected chi connectivity index (χ2v) is 3.49. The largest absolute Gasteiger partial charge is 0.427 e. The molecule has 0 amide bonds. The summed E-state index contributed by atoms with van der Waals surface area (Å²) in [6.45, 7) is 5.18. The van der Waals surface area contributed by atoms with Gasteiger partial charge in [-0.2, -0.15) is 0 Å². The van der Waals surface area contributed by atoms with E-state index < -0.39 is 0 Å². The van der Waals surface area contributed by atoms with Crippen LogP contribution in [0, 0.1) is 6.92 Å². The highest BCUT2D eigenvalue weighted by molar-refractivity contribution is 7.98. The zero-order valence-electron chi connectivity index (χ0n) is 7.66. The summed E-state index contributed by atoms with van der Waals surface area (Å²) in [5, 5.41) is 0. The summed E-state index contributed by atoms with van der Waals surface area (Å²) in [4.78, 5) is 11.7. The quantitative estimate of drug-likeness (QED) is 0.412. The highest BCUT2D eigenvalue weighted by Gasteiger charge is 2.00. The van der Waals surface area contributed by atoms with Crippen molar-refractivity contribution in [3.8, 4) is 5.75 Å². The van der Waals surface area contributed by atoms with Gasteiger partial charge in [-0.3, -0.25) is 4.79 Å². The molecule has 0 saturated heterocycles. The average Bonchev–Trinajstić information content (AvgIpc) is 2.01. The van der Waals surface area contributed by atoms with Crippen LogP contribution in [0.5, 0.6) is 5.75 Å². The first-order chi connectivity index (χ1) is 6.11. The van der Waals surface area contributed by atoms with Gasteiger partial charge in [0.05, 0.1) is 0 Å². The standard InChI is InChI=1S/C10H11O2S/c1-7-4-9(12-8(2)11)6-10(5-7)13-3/h4-6H,1H2,2-3H3. The molecule has 0 atom stereocenters. The number of thioether (sulfide) groups is 1. The molecular formula is C10H11O2S. The Morgan fingerprint density at radius 1 is 1.46 bits per heavy atom. The van der Waals surface area contributed by atoms with Crippen LogP contribution < -0.4 is 4.74 Å². The number of rotatable bonds is 2. The van der Waals surface area contributed by atoms with Crippen molar-refractivity contribution in [2.75, 3.05) is 6.26 Å². The summed E-state index contributed by atoms with van der Waals surface area (Å²) in [5.41, 5.74) is 0.850. The monoisotopic (exact) mass is 195 g/mol. The van der Waals surface area contributed by atoms with Crippen molar-refractivity contribution in [3.63, 3.8) is 0 Å². The molecule has 1 rings (SSSR count). The van der Waals surface area contributed by atoms with E-state index in [4.69, 9.17) is 4.74 Å². The number of benzene rings is 1. The molecule has 0 heterocycles. The summed E-state index contributed by atoms with van der Waals surface area (Å²) >= 11 is 1.59. The molecule has 0 N–H and O–H groups in total. The average molecular weight is 195 g/mol. The fourth-order valence-corrected chi connectivity index (χ4v) is 1.48. The normalized spacial score (nSPS) is 9.77. The Kier molecular flexibility index (Phi) is 3.37. The topological polar surface area (TPSA) is 26.3 Å². The molecule has 1 aromatic carbocycles. The number of hydrogen-bond donors (Lipinski definition) is 0. The molecule has 3 heteroatoms. The fraction of sp³-hybridized carbons (Fsp3) is 0.200. The molecule has 0 bridgehead atoms. The molecule has 1 radical (unpaired) electrons. The summed E-state index contributed by atoms with van der Waals surface area (Å²) in [6.07, 6.45) is 1.96. The third kappa shape index (κ3) is 3.11. The first kappa shape index (κ1) is 10.1. The Balaban J connectivity index is 2.94. The lowest BCUT2D eigenvalue weighted by atomic mass is 10.2. The van der Waals surface area contributed by atoms with E-state index in [9.17, 15) is 4.79 Å². The number of esters is 1. The van der Waals surface area contributed by atoms with Crippen molar-refractivity contribution < 1.29 is 9.53 Å². The van der Waals surface area contributed by atoms with E-state index in [-0.39, 0.29) is 5.97 Å². The first-order valence-electron chi connectivity index (χ1n) is 3.81. The van der Waals surface area contributed by atoms with Gasteiger partial charge in [-0.05, 0) is 36.9 Å². The number of carbonyl (C=O) groups excluding carboxylic acids is 1. The molecule has 0 aliphatic carbocycles. The van der Waals surface area contributed by atoms with E-state index in [0.29, 0.717) is 5.75 Å². The third-order valence-electron chi connectivity index (χ3n) is 1.44. The van der Waals surface area contributed by atoms with Crippen LogP contribution in [0.4, 0.5) is 0 Å². The molecular weight excluding hydrogens is 184 g/mol. The van der Waals surface area contributed by atoms with Crippen LogP contribution in [-0.2, 0) is 4.79 Å². The van der Waals surface area contributed by atoms with Gasteiger partial charge in [-0.15, -0.1) is 11.8 Å². The minimum atomic E-state index is -0.308. The SMILES string of the molecule is [CH2]c1cc(OC(C)=O)cc(SC)c1. The predicted octanol–water partition coefficient (Wildman–Crippen LogP) is 2.52. The van der Waals surface area contributed by atoms with Gasteiger partial charge >= 0.3 is 5.97 Å². The molecule has 69 valence electrons. The molecule has 0 spiro atoms. The molecule has 1 aromatic rings. The summed E-state index contributed by atoms with van der Waals surface area (Å²) in [6, 6.07) is 5.50. The third-order valence-corrected chi connectivity index (χ3v) is 2.14. The maximum Gasteiger partial charge on any atom is 0.308 e. The zero-order chi connectivity index (χ0) is 9.84. The molecule has 0 fully saturated rings. The van der Waals surface area contributed by atoms with Crippen molar-refractivity contribution in [1.29, 1.82) is 0 Å². The summed E-state index contributed by atoms with van der Waals surface area (Å²) < 4.78 is 4.95. The van der Waals surface area contributed by atoms with Crippen LogP contribution in [-0.4, -0.2) is 12.2 Å². The Morgan fingerprint density at radius 2 is 2.15 bits per heavy atom. The molecule has 0 aromatic heterocycles. The summed E-state index contributed by atoms with van der Waals surface area (Å²) in [7, 11) is 0. The van der Waals surface area contributed by atoms with Gasteiger partial charge in [0.15, 0.2) is 0 Å². The van der Waals surface area contributed by atoms with E-state index in [1.807, 2.05) is 18.4 Å². The molecule has 0 aliphatic heterocycles. The Bertz CT molecular complexity index is 321. The smallest absolute Gasteiger partial charge is 0.308 e. The lowest BCUT2D eigenvalue weighted by molar-refractivity contribution is -0.131. The van der Waals surface area contributed by atoms with Gasteiger partial charge in [-0.1, -0.05) is 0 Å². The van der Waals surface area contributed by atoms with Gasteiger partial charge in [0.25, 0.3) is 0 Å². The van der Waals surface area contributed by atoms with Gasteiger partial charge < -0.3 is 4.74 Å². The fourth-order valence-electron chi connectivity index (χ4n) is 0.973. The summed E-state index contributed by atoms with van der Waals surface area (Å²) in [5.74, 6) is 0.252. The molecule has 0 unspecified atom stereocenters. The maximum atomic E-state index is 10.7. The van der Waals surface area contributed by atoms with Crippen molar-refractivity contribution in [3.05, 3.63) is 30.7 Å².